The molecule has 1 aliphatic rings. The Labute approximate surface area is 185 Å². The molecule has 0 aromatic heterocycles. The summed E-state index contributed by atoms with van der Waals surface area (Å²) in [5, 5.41) is 3.29. The molecular weight excluding hydrogens is 387 g/mol. The maximum atomic E-state index is 13.4. The highest BCUT2D eigenvalue weighted by Crippen LogP contribution is 2.40. The molecule has 0 aliphatic carbocycles. The summed E-state index contributed by atoms with van der Waals surface area (Å²) in [5.74, 6) is -0.301. The molecule has 2 aromatic rings. The molecule has 1 heterocycles. The summed E-state index contributed by atoms with van der Waals surface area (Å²) in [6.45, 7) is 14.4. The van der Waals surface area contributed by atoms with Crippen molar-refractivity contribution in [2.75, 3.05) is 6.54 Å². The first kappa shape index (κ1) is 22.7. The second kappa shape index (κ2) is 9.42. The van der Waals surface area contributed by atoms with E-state index >= 15 is 0 Å². The van der Waals surface area contributed by atoms with Crippen molar-refractivity contribution in [3.63, 3.8) is 0 Å². The first-order valence-corrected chi connectivity index (χ1v) is 10.7. The van der Waals surface area contributed by atoms with Gasteiger partial charge in [0, 0.05) is 18.8 Å². The lowest BCUT2D eigenvalue weighted by atomic mass is 9.77. The van der Waals surface area contributed by atoms with Gasteiger partial charge < -0.3 is 4.90 Å². The van der Waals surface area contributed by atoms with E-state index in [0.717, 1.165) is 36.3 Å². The molecule has 0 N–H and O–H groups in total. The minimum atomic E-state index is -0.568. The van der Waals surface area contributed by atoms with Crippen molar-refractivity contribution in [3.8, 4) is 0 Å². The van der Waals surface area contributed by atoms with Gasteiger partial charge in [-0.05, 0) is 71.7 Å². The Morgan fingerprint density at radius 3 is 2.45 bits per heavy atom. The lowest BCUT2D eigenvalue weighted by Crippen LogP contribution is -2.35. The highest BCUT2D eigenvalue weighted by molar-refractivity contribution is 5.79. The predicted octanol–water partition coefficient (Wildman–Crippen LogP) is 7.13. The van der Waals surface area contributed by atoms with E-state index in [-0.39, 0.29) is 11.2 Å². The van der Waals surface area contributed by atoms with E-state index in [1.165, 1.54) is 23.3 Å². The van der Waals surface area contributed by atoms with Gasteiger partial charge in [-0.2, -0.15) is 4.91 Å². The first-order chi connectivity index (χ1) is 14.7. The number of hydrogen-bond acceptors (Lipinski definition) is 3. The van der Waals surface area contributed by atoms with E-state index in [9.17, 15) is 9.30 Å². The fourth-order valence-corrected chi connectivity index (χ4v) is 3.96. The number of rotatable bonds is 7. The predicted molar refractivity (Wildman–Crippen MR) is 127 cm³/mol. The molecule has 4 heteroatoms. The van der Waals surface area contributed by atoms with Gasteiger partial charge in [0.2, 0.25) is 0 Å². The summed E-state index contributed by atoms with van der Waals surface area (Å²) >= 11 is 0. The maximum absolute atomic E-state index is 13.4. The second-order valence-corrected chi connectivity index (χ2v) is 8.92. The summed E-state index contributed by atoms with van der Waals surface area (Å²) < 4.78 is 13.4. The van der Waals surface area contributed by atoms with Crippen LogP contribution in [0.3, 0.4) is 0 Å². The van der Waals surface area contributed by atoms with Crippen LogP contribution >= 0.6 is 0 Å². The molecule has 0 radical (unpaired) electrons. The van der Waals surface area contributed by atoms with E-state index in [0.29, 0.717) is 5.57 Å². The summed E-state index contributed by atoms with van der Waals surface area (Å²) in [6, 6.07) is 16.0. The van der Waals surface area contributed by atoms with Crippen LogP contribution in [0.5, 0.6) is 0 Å². The fourth-order valence-electron chi connectivity index (χ4n) is 3.96. The molecule has 3 nitrogen and oxygen atoms in total. The smallest absolute Gasteiger partial charge is 0.123 e. The zero-order valence-electron chi connectivity index (χ0n) is 18.9. The van der Waals surface area contributed by atoms with Crippen LogP contribution in [0.1, 0.15) is 45.2 Å². The minimum absolute atomic E-state index is 0.0547. The molecule has 31 heavy (non-hydrogen) atoms. The molecule has 0 spiro atoms. The van der Waals surface area contributed by atoms with E-state index in [1.54, 1.807) is 19.1 Å². The topological polar surface area (TPSA) is 32.7 Å². The Bertz CT molecular complexity index is 1000. The van der Waals surface area contributed by atoms with Crippen molar-refractivity contribution >= 4 is 5.57 Å². The molecule has 162 valence electrons. The number of nitrogens with zero attached hydrogens (tertiary/aromatic N) is 2. The van der Waals surface area contributed by atoms with Crippen LogP contribution in [0, 0.1) is 16.1 Å². The Hall–Kier alpha value is -3.01. The number of halogens is 1. The van der Waals surface area contributed by atoms with Crippen LogP contribution in [0.2, 0.25) is 0 Å². The van der Waals surface area contributed by atoms with Gasteiger partial charge in [-0.3, -0.25) is 0 Å². The van der Waals surface area contributed by atoms with Gasteiger partial charge in [0.15, 0.2) is 0 Å². The van der Waals surface area contributed by atoms with Crippen LogP contribution in [0.15, 0.2) is 89.3 Å². The van der Waals surface area contributed by atoms with Gasteiger partial charge in [0.25, 0.3) is 0 Å². The van der Waals surface area contributed by atoms with Crippen molar-refractivity contribution in [1.82, 2.24) is 4.90 Å². The Balaban J connectivity index is 2.07. The standard InChI is InChI=1S/C27H31FN2O/c1-19(23-11-13-24(28)14-12-23)25(21(3)29-31)17-26-20(2)27(4,5)15-16-30(26)18-22-9-7-6-8-10-22/h6-14,17,21H,1,15-16,18H2,2-5H3/b25-17+. The Kier molecular flexibility index (Phi) is 6.89. The molecular formula is C27H31FN2O. The second-order valence-electron chi connectivity index (χ2n) is 8.92. The summed E-state index contributed by atoms with van der Waals surface area (Å²) in [6.07, 6.45) is 3.12. The quantitative estimate of drug-likeness (QED) is 0.354. The van der Waals surface area contributed by atoms with Crippen molar-refractivity contribution < 1.29 is 4.39 Å². The monoisotopic (exact) mass is 418 g/mol. The zero-order chi connectivity index (χ0) is 22.6. The molecule has 0 saturated heterocycles. The molecule has 1 atom stereocenters. The van der Waals surface area contributed by atoms with Crippen molar-refractivity contribution in [3.05, 3.63) is 106 Å². The van der Waals surface area contributed by atoms with E-state index < -0.39 is 6.04 Å². The van der Waals surface area contributed by atoms with E-state index in [2.05, 4.69) is 67.8 Å². The highest BCUT2D eigenvalue weighted by atomic mass is 19.1. The van der Waals surface area contributed by atoms with Gasteiger partial charge in [-0.1, -0.05) is 68.1 Å². The molecule has 0 amide bonds. The normalized spacial score (nSPS) is 17.5. The van der Waals surface area contributed by atoms with Gasteiger partial charge in [-0.25, -0.2) is 4.39 Å². The molecule has 0 fully saturated rings. The minimum Gasteiger partial charge on any atom is -0.367 e. The summed E-state index contributed by atoms with van der Waals surface area (Å²) in [7, 11) is 0. The van der Waals surface area contributed by atoms with Gasteiger partial charge in [0.1, 0.15) is 11.9 Å². The zero-order valence-corrected chi connectivity index (χ0v) is 18.9. The van der Waals surface area contributed by atoms with Crippen LogP contribution in [0.4, 0.5) is 4.39 Å². The van der Waals surface area contributed by atoms with Crippen LogP contribution < -0.4 is 0 Å². The lowest BCUT2D eigenvalue weighted by Gasteiger charge is -2.41. The third-order valence-electron chi connectivity index (χ3n) is 6.40. The summed E-state index contributed by atoms with van der Waals surface area (Å²) in [5.41, 5.74) is 5.90. The SMILES string of the molecule is C=C(/C(=C\C1=C(C)C(C)(C)CCN1Cc1ccccc1)C(C)N=O)c1ccc(F)cc1. The number of allylic oxidation sites excluding steroid dienone is 2. The van der Waals surface area contributed by atoms with E-state index in [1.807, 2.05) is 6.07 Å². The molecule has 1 aliphatic heterocycles. The fraction of sp³-hybridized carbons (Fsp3) is 0.333. The first-order valence-electron chi connectivity index (χ1n) is 10.7. The summed E-state index contributed by atoms with van der Waals surface area (Å²) in [4.78, 5) is 13.9. The molecule has 2 aromatic carbocycles. The molecule has 0 bridgehead atoms. The number of nitroso groups, excluding NO2 is 1. The van der Waals surface area contributed by atoms with Gasteiger partial charge >= 0.3 is 0 Å². The maximum Gasteiger partial charge on any atom is 0.123 e. The van der Waals surface area contributed by atoms with Crippen molar-refractivity contribution in [1.29, 1.82) is 0 Å². The third kappa shape index (κ3) is 5.19. The molecule has 3 rings (SSSR count). The van der Waals surface area contributed by atoms with Crippen molar-refractivity contribution in [2.24, 2.45) is 10.6 Å². The van der Waals surface area contributed by atoms with Gasteiger partial charge in [0.05, 0.1) is 0 Å². The molecule has 0 saturated carbocycles. The lowest BCUT2D eigenvalue weighted by molar-refractivity contribution is 0.240. The van der Waals surface area contributed by atoms with Crippen molar-refractivity contribution in [2.45, 2.75) is 46.7 Å². The average Bonchev–Trinajstić information content (AvgIpc) is 2.77. The van der Waals surface area contributed by atoms with Crippen LogP contribution in [-0.4, -0.2) is 17.5 Å². The average molecular weight is 419 g/mol. The Morgan fingerprint density at radius 1 is 1.19 bits per heavy atom. The number of hydrogen-bond donors (Lipinski definition) is 0. The number of benzene rings is 2. The highest BCUT2D eigenvalue weighted by Gasteiger charge is 2.31. The van der Waals surface area contributed by atoms with E-state index in [4.69, 9.17) is 0 Å². The largest absolute Gasteiger partial charge is 0.367 e. The van der Waals surface area contributed by atoms with Gasteiger partial charge in [-0.15, -0.1) is 0 Å². The van der Waals surface area contributed by atoms with Crippen LogP contribution in [-0.2, 0) is 6.54 Å². The molecule has 1 unspecified atom stereocenters. The van der Waals surface area contributed by atoms with Crippen LogP contribution in [0.25, 0.3) is 5.57 Å². The third-order valence-corrected chi connectivity index (χ3v) is 6.40. The Morgan fingerprint density at radius 2 is 1.84 bits per heavy atom.